The first kappa shape index (κ1) is 12.7. The molecule has 0 N–H and O–H groups in total. The van der Waals surface area contributed by atoms with Gasteiger partial charge in [0.25, 0.3) is 0 Å². The zero-order chi connectivity index (χ0) is 13.1. The van der Waals surface area contributed by atoms with E-state index in [1.54, 1.807) is 30.3 Å². The largest absolute Gasteiger partial charge is 0.292 e. The first-order chi connectivity index (χ1) is 8.59. The number of benzene rings is 2. The summed E-state index contributed by atoms with van der Waals surface area (Å²) in [6.07, 6.45) is 0. The van der Waals surface area contributed by atoms with Crippen molar-refractivity contribution in [2.45, 2.75) is 5.38 Å². The molecule has 1 nitrogen and oxygen atoms in total. The lowest BCUT2D eigenvalue weighted by atomic mass is 10.0. The molecule has 0 spiro atoms. The maximum absolute atomic E-state index is 13.4. The minimum atomic E-state index is -1.03. The minimum absolute atomic E-state index is 0.334. The van der Waals surface area contributed by atoms with Gasteiger partial charge in [-0.3, -0.25) is 4.79 Å². The van der Waals surface area contributed by atoms with Crippen molar-refractivity contribution >= 4 is 17.4 Å². The Bertz CT molecular complexity index is 569. The van der Waals surface area contributed by atoms with E-state index in [0.717, 1.165) is 18.2 Å². The van der Waals surface area contributed by atoms with Gasteiger partial charge in [0.2, 0.25) is 0 Å². The quantitative estimate of drug-likeness (QED) is 0.603. The number of Topliss-reactive ketones (excluding diaryl/α,β-unsaturated/α-hetero) is 1. The van der Waals surface area contributed by atoms with Crippen molar-refractivity contribution in [3.8, 4) is 0 Å². The number of alkyl halides is 1. The highest BCUT2D eigenvalue weighted by molar-refractivity contribution is 6.33. The standard InChI is InChI=1S/C14H9ClF2O/c15-13(9-4-2-1-3-5-9)14(18)11-8-10(16)6-7-12(11)17/h1-8,13H. The molecule has 0 aliphatic heterocycles. The van der Waals surface area contributed by atoms with Crippen molar-refractivity contribution in [3.63, 3.8) is 0 Å². The normalized spacial score (nSPS) is 12.2. The molecule has 2 rings (SSSR count). The Hall–Kier alpha value is -1.74. The van der Waals surface area contributed by atoms with Gasteiger partial charge in [0.15, 0.2) is 5.78 Å². The van der Waals surface area contributed by atoms with E-state index in [9.17, 15) is 13.6 Å². The molecule has 2 aromatic rings. The van der Waals surface area contributed by atoms with E-state index in [0.29, 0.717) is 5.56 Å². The van der Waals surface area contributed by atoms with Gasteiger partial charge in [0.05, 0.1) is 5.56 Å². The van der Waals surface area contributed by atoms with Crippen LogP contribution in [0.15, 0.2) is 48.5 Å². The van der Waals surface area contributed by atoms with Crippen LogP contribution in [0.25, 0.3) is 0 Å². The van der Waals surface area contributed by atoms with E-state index in [-0.39, 0.29) is 5.56 Å². The van der Waals surface area contributed by atoms with E-state index in [4.69, 9.17) is 11.6 Å². The highest BCUT2D eigenvalue weighted by Crippen LogP contribution is 2.26. The van der Waals surface area contributed by atoms with E-state index >= 15 is 0 Å². The summed E-state index contributed by atoms with van der Waals surface area (Å²) in [5.74, 6) is -2.10. The molecule has 2 aromatic carbocycles. The molecule has 0 saturated heterocycles. The average Bonchev–Trinajstić information content (AvgIpc) is 2.41. The van der Waals surface area contributed by atoms with Gasteiger partial charge >= 0.3 is 0 Å². The molecule has 1 unspecified atom stereocenters. The van der Waals surface area contributed by atoms with Crippen LogP contribution >= 0.6 is 11.6 Å². The van der Waals surface area contributed by atoms with E-state index in [2.05, 4.69) is 0 Å². The fourth-order valence-corrected chi connectivity index (χ4v) is 1.86. The monoisotopic (exact) mass is 266 g/mol. The lowest BCUT2D eigenvalue weighted by molar-refractivity contribution is 0.0982. The van der Waals surface area contributed by atoms with Gasteiger partial charge in [-0.15, -0.1) is 11.6 Å². The smallest absolute Gasteiger partial charge is 0.188 e. The fraction of sp³-hybridized carbons (Fsp3) is 0.0714. The molecule has 1 atom stereocenters. The molecule has 0 amide bonds. The van der Waals surface area contributed by atoms with Crippen molar-refractivity contribution < 1.29 is 13.6 Å². The molecule has 92 valence electrons. The molecule has 0 aromatic heterocycles. The number of rotatable bonds is 3. The number of halogens is 3. The average molecular weight is 267 g/mol. The Balaban J connectivity index is 2.34. The third-order valence-electron chi connectivity index (χ3n) is 2.52. The Labute approximate surface area is 108 Å². The van der Waals surface area contributed by atoms with Gasteiger partial charge in [0, 0.05) is 0 Å². The summed E-state index contributed by atoms with van der Waals surface area (Å²) in [6, 6.07) is 11.3. The molecular formula is C14H9ClF2O. The molecule has 0 aliphatic carbocycles. The van der Waals surface area contributed by atoms with E-state index < -0.39 is 22.8 Å². The van der Waals surface area contributed by atoms with Crippen molar-refractivity contribution in [3.05, 3.63) is 71.3 Å². The lowest BCUT2D eigenvalue weighted by Crippen LogP contribution is -2.10. The maximum atomic E-state index is 13.4. The first-order valence-corrected chi connectivity index (χ1v) is 5.71. The van der Waals surface area contributed by atoms with Crippen LogP contribution in [0.1, 0.15) is 21.3 Å². The van der Waals surface area contributed by atoms with Gasteiger partial charge in [-0.2, -0.15) is 0 Å². The molecule has 0 fully saturated rings. The fourth-order valence-electron chi connectivity index (χ4n) is 1.60. The zero-order valence-electron chi connectivity index (χ0n) is 9.24. The highest BCUT2D eigenvalue weighted by atomic mass is 35.5. The summed E-state index contributed by atoms with van der Waals surface area (Å²) in [6.45, 7) is 0. The summed E-state index contributed by atoms with van der Waals surface area (Å²) in [7, 11) is 0. The van der Waals surface area contributed by atoms with Gasteiger partial charge in [0.1, 0.15) is 17.0 Å². The minimum Gasteiger partial charge on any atom is -0.292 e. The molecule has 0 bridgehead atoms. The summed E-state index contributed by atoms with van der Waals surface area (Å²) < 4.78 is 26.5. The molecule has 0 aliphatic rings. The third-order valence-corrected chi connectivity index (χ3v) is 2.97. The molecule has 0 radical (unpaired) electrons. The maximum Gasteiger partial charge on any atom is 0.188 e. The number of carbonyl (C=O) groups excluding carboxylic acids is 1. The van der Waals surface area contributed by atoms with Crippen molar-refractivity contribution in [1.29, 1.82) is 0 Å². The second-order valence-corrected chi connectivity index (χ2v) is 4.20. The molecule has 0 heterocycles. The topological polar surface area (TPSA) is 17.1 Å². The van der Waals surface area contributed by atoms with Crippen molar-refractivity contribution in [2.75, 3.05) is 0 Å². The number of carbonyl (C=O) groups is 1. The molecule has 18 heavy (non-hydrogen) atoms. The molecule has 0 saturated carbocycles. The Morgan fingerprint density at radius 2 is 1.72 bits per heavy atom. The highest BCUT2D eigenvalue weighted by Gasteiger charge is 2.22. The number of ketones is 1. The third kappa shape index (κ3) is 2.57. The van der Waals surface area contributed by atoms with Crippen LogP contribution in [-0.4, -0.2) is 5.78 Å². The van der Waals surface area contributed by atoms with Crippen LogP contribution in [0.4, 0.5) is 8.78 Å². The summed E-state index contributed by atoms with van der Waals surface area (Å²) in [5, 5.41) is -1.03. The Morgan fingerprint density at radius 3 is 2.39 bits per heavy atom. The van der Waals surface area contributed by atoms with Crippen LogP contribution in [0.5, 0.6) is 0 Å². The number of hydrogen-bond donors (Lipinski definition) is 0. The molecule has 4 heteroatoms. The van der Waals surface area contributed by atoms with Crippen LogP contribution in [-0.2, 0) is 0 Å². The predicted molar refractivity (Wildman–Crippen MR) is 65.7 cm³/mol. The van der Waals surface area contributed by atoms with E-state index in [1.807, 2.05) is 0 Å². The number of hydrogen-bond acceptors (Lipinski definition) is 1. The van der Waals surface area contributed by atoms with Crippen LogP contribution in [0.2, 0.25) is 0 Å². The summed E-state index contributed by atoms with van der Waals surface area (Å²) in [4.78, 5) is 12.0. The van der Waals surface area contributed by atoms with E-state index in [1.165, 1.54) is 0 Å². The molecular weight excluding hydrogens is 258 g/mol. The van der Waals surface area contributed by atoms with Crippen LogP contribution < -0.4 is 0 Å². The van der Waals surface area contributed by atoms with Crippen LogP contribution in [0.3, 0.4) is 0 Å². The SMILES string of the molecule is O=C(c1cc(F)ccc1F)C(Cl)c1ccccc1. The summed E-state index contributed by atoms with van der Waals surface area (Å²) >= 11 is 5.98. The predicted octanol–water partition coefficient (Wildman–Crippen LogP) is 4.13. The van der Waals surface area contributed by atoms with Crippen molar-refractivity contribution in [2.24, 2.45) is 0 Å². The van der Waals surface area contributed by atoms with Gasteiger partial charge in [-0.05, 0) is 23.8 Å². The van der Waals surface area contributed by atoms with Gasteiger partial charge in [-0.1, -0.05) is 30.3 Å². The zero-order valence-corrected chi connectivity index (χ0v) is 9.99. The van der Waals surface area contributed by atoms with Crippen molar-refractivity contribution in [1.82, 2.24) is 0 Å². The Morgan fingerprint density at radius 1 is 1.06 bits per heavy atom. The van der Waals surface area contributed by atoms with Crippen LogP contribution in [0, 0.1) is 11.6 Å². The lowest BCUT2D eigenvalue weighted by Gasteiger charge is -2.09. The summed E-state index contributed by atoms with van der Waals surface area (Å²) in [5.41, 5.74) is 0.215. The van der Waals surface area contributed by atoms with Gasteiger partial charge in [-0.25, -0.2) is 8.78 Å². The van der Waals surface area contributed by atoms with Gasteiger partial charge < -0.3 is 0 Å². The first-order valence-electron chi connectivity index (χ1n) is 5.28. The Kier molecular flexibility index (Phi) is 3.72. The second-order valence-electron chi connectivity index (χ2n) is 3.76. The second kappa shape index (κ2) is 5.27.